The van der Waals surface area contributed by atoms with Crippen LogP contribution in [0.5, 0.6) is 5.75 Å². The van der Waals surface area contributed by atoms with Crippen molar-refractivity contribution in [2.24, 2.45) is 7.05 Å². The van der Waals surface area contributed by atoms with Crippen molar-refractivity contribution in [2.45, 2.75) is 12.1 Å². The van der Waals surface area contributed by atoms with Gasteiger partial charge >= 0.3 is 6.03 Å². The van der Waals surface area contributed by atoms with E-state index in [1.54, 1.807) is 49.1 Å². The number of methoxy groups -OCH3 is 1. The maximum Gasteiger partial charge on any atom is 0.322 e. The lowest BCUT2D eigenvalue weighted by Gasteiger charge is -2.28. The summed E-state index contributed by atoms with van der Waals surface area (Å²) >= 11 is 0. The number of hydrogen-bond acceptors (Lipinski definition) is 7. The second kappa shape index (κ2) is 8.60. The second-order valence-corrected chi connectivity index (χ2v) is 8.22. The highest BCUT2D eigenvalue weighted by atomic mass is 16.5. The molecule has 11 nitrogen and oxygen atoms in total. The van der Waals surface area contributed by atoms with E-state index in [1.165, 1.54) is 12.0 Å². The summed E-state index contributed by atoms with van der Waals surface area (Å²) in [7, 11) is 3.47. The number of furan rings is 1. The van der Waals surface area contributed by atoms with Gasteiger partial charge in [0.25, 0.3) is 11.8 Å². The van der Waals surface area contributed by atoms with Gasteiger partial charge in [0.1, 0.15) is 17.0 Å². The number of urea groups is 1. The van der Waals surface area contributed by atoms with Gasteiger partial charge in [-0.25, -0.2) is 9.78 Å². The molecule has 2 aliphatic heterocycles. The highest BCUT2D eigenvalue weighted by Crippen LogP contribution is 2.34. The van der Waals surface area contributed by atoms with Crippen molar-refractivity contribution in [1.82, 2.24) is 30.1 Å². The Bertz CT molecular complexity index is 1400. The molecule has 0 unspecified atom stereocenters. The van der Waals surface area contributed by atoms with Crippen LogP contribution in [0.15, 0.2) is 65.7 Å². The zero-order valence-electron chi connectivity index (χ0n) is 19.0. The molecule has 5 heterocycles. The Morgan fingerprint density at radius 1 is 1.17 bits per heavy atom. The van der Waals surface area contributed by atoms with Crippen LogP contribution < -0.4 is 15.4 Å². The van der Waals surface area contributed by atoms with Crippen LogP contribution in [0.4, 0.5) is 4.79 Å². The third-order valence-electron chi connectivity index (χ3n) is 5.91. The summed E-state index contributed by atoms with van der Waals surface area (Å²) in [6.07, 6.45) is 7.00. The molecular weight excluding hydrogens is 452 g/mol. The van der Waals surface area contributed by atoms with Gasteiger partial charge in [-0.3, -0.25) is 19.9 Å². The molecule has 0 saturated carbocycles. The van der Waals surface area contributed by atoms with Crippen molar-refractivity contribution in [2.75, 3.05) is 13.7 Å². The number of carbonyl (C=O) groups excluding carboxylic acids is 3. The van der Waals surface area contributed by atoms with Gasteiger partial charge in [0.05, 0.1) is 20.0 Å². The quantitative estimate of drug-likeness (QED) is 0.432. The standard InChI is InChI=1S/C20H16N4O5.C4H6N2/c1-28-12-5-4-11-9-24(17(25)13(11)7-12)10-20(18(26)22-19(27)23-20)16-8-14-15(29-16)3-2-6-21-14;1-6-3-2-5-4-6/h2-8H,9-10H2,1H3,(H2,22,23,26,27);2-4H,1H3/t20-;/m0./s1. The van der Waals surface area contributed by atoms with Gasteiger partial charge in [0, 0.05) is 43.8 Å². The van der Waals surface area contributed by atoms with E-state index >= 15 is 0 Å². The van der Waals surface area contributed by atoms with E-state index in [9.17, 15) is 14.4 Å². The SMILES string of the molecule is COc1ccc2c(c1)C(=O)N(C[C@@]1(c3cc4ncccc4o3)NC(=O)NC1=O)C2.Cn1ccnc1. The Morgan fingerprint density at radius 2 is 2.03 bits per heavy atom. The van der Waals surface area contributed by atoms with Crippen molar-refractivity contribution in [3.8, 4) is 5.75 Å². The van der Waals surface area contributed by atoms with Crippen molar-refractivity contribution >= 4 is 28.9 Å². The van der Waals surface area contributed by atoms with Crippen LogP contribution >= 0.6 is 0 Å². The molecule has 1 fully saturated rings. The Hall–Kier alpha value is -4.67. The summed E-state index contributed by atoms with van der Waals surface area (Å²) in [4.78, 5) is 47.3. The molecule has 0 spiro atoms. The number of amides is 4. The molecule has 35 heavy (non-hydrogen) atoms. The van der Waals surface area contributed by atoms with E-state index in [0.29, 0.717) is 29.0 Å². The summed E-state index contributed by atoms with van der Waals surface area (Å²) in [6, 6.07) is 9.66. The molecule has 0 bridgehead atoms. The topological polar surface area (TPSA) is 132 Å². The first-order chi connectivity index (χ1) is 16.9. The first-order valence-electron chi connectivity index (χ1n) is 10.8. The highest BCUT2D eigenvalue weighted by molar-refractivity contribution is 6.08. The van der Waals surface area contributed by atoms with E-state index in [1.807, 2.05) is 23.9 Å². The molecule has 4 aromatic rings. The predicted octanol–water partition coefficient (Wildman–Crippen LogP) is 1.95. The molecule has 3 aromatic heterocycles. The second-order valence-electron chi connectivity index (χ2n) is 8.22. The molecular formula is C24H22N6O5. The number of aromatic nitrogens is 3. The van der Waals surface area contributed by atoms with Gasteiger partial charge in [-0.2, -0.15) is 0 Å². The molecule has 1 atom stereocenters. The van der Waals surface area contributed by atoms with E-state index < -0.39 is 17.5 Å². The van der Waals surface area contributed by atoms with Crippen molar-refractivity contribution < 1.29 is 23.5 Å². The number of imide groups is 1. The highest BCUT2D eigenvalue weighted by Gasteiger charge is 2.53. The normalized spacial score (nSPS) is 18.7. The van der Waals surface area contributed by atoms with E-state index in [0.717, 1.165) is 5.56 Å². The number of imidazole rings is 1. The largest absolute Gasteiger partial charge is 0.497 e. The van der Waals surface area contributed by atoms with Crippen LogP contribution in [0, 0.1) is 0 Å². The minimum Gasteiger partial charge on any atom is -0.497 e. The molecule has 178 valence electrons. The number of aryl methyl sites for hydroxylation is 1. The molecule has 0 aliphatic carbocycles. The van der Waals surface area contributed by atoms with Gasteiger partial charge in [0.2, 0.25) is 0 Å². The molecule has 4 amide bonds. The Morgan fingerprint density at radius 3 is 2.66 bits per heavy atom. The number of nitrogens with one attached hydrogen (secondary N) is 2. The predicted molar refractivity (Wildman–Crippen MR) is 123 cm³/mol. The lowest BCUT2D eigenvalue weighted by Crippen LogP contribution is -2.52. The van der Waals surface area contributed by atoms with Crippen molar-refractivity contribution in [1.29, 1.82) is 0 Å². The maximum atomic E-state index is 13.0. The summed E-state index contributed by atoms with van der Waals surface area (Å²) in [6.45, 7) is 0.224. The number of ether oxygens (including phenoxy) is 1. The number of carbonyl (C=O) groups is 3. The molecule has 6 rings (SSSR count). The number of hydrogen-bond donors (Lipinski definition) is 2. The Labute approximate surface area is 199 Å². The first-order valence-corrected chi connectivity index (χ1v) is 10.8. The van der Waals surface area contributed by atoms with Gasteiger partial charge < -0.3 is 23.9 Å². The average Bonchev–Trinajstić information content (AvgIpc) is 3.62. The van der Waals surface area contributed by atoms with Crippen LogP contribution in [-0.2, 0) is 23.9 Å². The van der Waals surface area contributed by atoms with Crippen LogP contribution in [-0.4, -0.2) is 50.9 Å². The first kappa shape index (κ1) is 22.1. The fraction of sp³-hybridized carbons (Fsp3) is 0.208. The molecule has 2 aliphatic rings. The number of nitrogens with zero attached hydrogens (tertiary/aromatic N) is 4. The summed E-state index contributed by atoms with van der Waals surface area (Å²) < 4.78 is 12.9. The molecule has 11 heteroatoms. The van der Waals surface area contributed by atoms with Crippen LogP contribution in [0.2, 0.25) is 0 Å². The zero-order valence-corrected chi connectivity index (χ0v) is 19.0. The van der Waals surface area contributed by atoms with Gasteiger partial charge in [-0.1, -0.05) is 6.07 Å². The van der Waals surface area contributed by atoms with E-state index in [2.05, 4.69) is 20.6 Å². The van der Waals surface area contributed by atoms with Crippen molar-refractivity contribution in [3.63, 3.8) is 0 Å². The van der Waals surface area contributed by atoms with E-state index in [4.69, 9.17) is 9.15 Å². The molecule has 1 aromatic carbocycles. The number of rotatable bonds is 4. The summed E-state index contributed by atoms with van der Waals surface area (Å²) in [5.74, 6) is -0.0378. The number of fused-ring (bicyclic) bond motifs is 2. The monoisotopic (exact) mass is 474 g/mol. The summed E-state index contributed by atoms with van der Waals surface area (Å²) in [5.41, 5.74) is 0.824. The average molecular weight is 474 g/mol. The fourth-order valence-electron chi connectivity index (χ4n) is 4.14. The Kier molecular flexibility index (Phi) is 5.44. The lowest BCUT2D eigenvalue weighted by molar-refractivity contribution is -0.125. The molecule has 1 saturated heterocycles. The third kappa shape index (κ3) is 3.97. The van der Waals surface area contributed by atoms with E-state index in [-0.39, 0.29) is 18.2 Å². The van der Waals surface area contributed by atoms with Gasteiger partial charge in [-0.15, -0.1) is 0 Å². The maximum absolute atomic E-state index is 13.0. The number of benzene rings is 1. The lowest BCUT2D eigenvalue weighted by atomic mass is 9.95. The Balaban J connectivity index is 0.000000371. The fourth-order valence-corrected chi connectivity index (χ4v) is 4.14. The zero-order chi connectivity index (χ0) is 24.6. The molecule has 2 N–H and O–H groups in total. The van der Waals surface area contributed by atoms with Gasteiger partial charge in [-0.05, 0) is 29.8 Å². The third-order valence-corrected chi connectivity index (χ3v) is 5.91. The minimum absolute atomic E-state index is 0.0831. The van der Waals surface area contributed by atoms with Crippen molar-refractivity contribution in [3.05, 3.63) is 78.2 Å². The number of pyridine rings is 1. The smallest absolute Gasteiger partial charge is 0.322 e. The summed E-state index contributed by atoms with van der Waals surface area (Å²) in [5, 5.41) is 4.90. The minimum atomic E-state index is -1.54. The van der Waals surface area contributed by atoms with Crippen LogP contribution in [0.25, 0.3) is 11.1 Å². The van der Waals surface area contributed by atoms with Gasteiger partial charge in [0.15, 0.2) is 11.1 Å². The molecule has 0 radical (unpaired) electrons. The van der Waals surface area contributed by atoms with Crippen LogP contribution in [0.1, 0.15) is 21.7 Å². The van der Waals surface area contributed by atoms with Crippen LogP contribution in [0.3, 0.4) is 0 Å².